The summed E-state index contributed by atoms with van der Waals surface area (Å²) in [5.41, 5.74) is 1.98. The summed E-state index contributed by atoms with van der Waals surface area (Å²) in [5, 5.41) is 22.0. The number of sulfonamides is 1. The molecular weight excluding hydrogens is 680 g/mol. The number of benzene rings is 4. The molecule has 1 N–H and O–H groups in total. The Bertz CT molecular complexity index is 2500. The molecule has 0 saturated carbocycles. The van der Waals surface area contributed by atoms with Crippen molar-refractivity contribution < 1.29 is 35.6 Å². The molecule has 6 rings (SSSR count). The van der Waals surface area contributed by atoms with Crippen LogP contribution in [0, 0.1) is 40.2 Å². The number of anilines is 1. The number of nitrogens with zero attached hydrogens (tertiary/aromatic N) is 4. The fraction of sp³-hybridized carbons (Fsp3) is 0.189. The minimum atomic E-state index is -4.09. The lowest BCUT2D eigenvalue weighted by Gasteiger charge is -2.27. The van der Waals surface area contributed by atoms with Crippen molar-refractivity contribution in [3.63, 3.8) is 0 Å². The van der Waals surface area contributed by atoms with Crippen molar-refractivity contribution >= 4 is 43.7 Å². The van der Waals surface area contributed by atoms with Gasteiger partial charge in [-0.2, -0.15) is 10.5 Å². The zero-order valence-electron chi connectivity index (χ0n) is 27.5. The van der Waals surface area contributed by atoms with Crippen LogP contribution in [0.5, 0.6) is 5.75 Å². The van der Waals surface area contributed by atoms with Gasteiger partial charge in [-0.05, 0) is 66.6 Å². The van der Waals surface area contributed by atoms with Crippen LogP contribution in [0.25, 0.3) is 56.0 Å². The van der Waals surface area contributed by atoms with E-state index < -0.39 is 33.5 Å². The summed E-state index contributed by atoms with van der Waals surface area (Å²) in [6.07, 6.45) is 1.14. The summed E-state index contributed by atoms with van der Waals surface area (Å²) in [6, 6.07) is 21.7. The van der Waals surface area contributed by atoms with Gasteiger partial charge in [-0.15, -0.1) is 0 Å². The Morgan fingerprint density at radius 1 is 1.00 bits per heavy atom. The molecule has 0 spiro atoms. The monoisotopic (exact) mass is 709 g/mol. The molecule has 0 aliphatic carbocycles. The largest absolute Gasteiger partial charge is 0.496 e. The van der Waals surface area contributed by atoms with E-state index in [0.717, 1.165) is 10.6 Å². The average Bonchev–Trinajstić information content (AvgIpc) is 3.73. The number of halogens is 2. The SMILES string of the molecule is CNC(=O)c1c(-c2ccc(F)cc2)oc2cc(N(CC(C#N)CCC#N)S(C)(=O)=O)c(-c3ccc(OC)c(-c4nc5c(F)cccc5o4)c3)cc12. The maximum absolute atomic E-state index is 14.6. The predicted molar refractivity (Wildman–Crippen MR) is 186 cm³/mol. The van der Waals surface area contributed by atoms with Crippen LogP contribution in [0.4, 0.5) is 14.5 Å². The molecule has 51 heavy (non-hydrogen) atoms. The topological polar surface area (TPSA) is 162 Å². The number of furan rings is 1. The second kappa shape index (κ2) is 13.9. The van der Waals surface area contributed by atoms with E-state index >= 15 is 0 Å². The third-order valence-corrected chi connectivity index (χ3v) is 9.47. The normalized spacial score (nSPS) is 12.0. The molecule has 1 atom stereocenters. The number of carbonyl (C=O) groups excluding carboxylic acids is 1. The number of oxazole rings is 1. The van der Waals surface area contributed by atoms with Gasteiger partial charge in [0.2, 0.25) is 15.9 Å². The van der Waals surface area contributed by atoms with Gasteiger partial charge in [0.15, 0.2) is 11.4 Å². The minimum Gasteiger partial charge on any atom is -0.496 e. The van der Waals surface area contributed by atoms with Gasteiger partial charge in [0.25, 0.3) is 5.91 Å². The summed E-state index contributed by atoms with van der Waals surface area (Å²) >= 11 is 0. The Hall–Kier alpha value is -6.25. The molecule has 14 heteroatoms. The van der Waals surface area contributed by atoms with Gasteiger partial charge >= 0.3 is 0 Å². The van der Waals surface area contributed by atoms with Crippen molar-refractivity contribution in [2.75, 3.05) is 31.3 Å². The minimum absolute atomic E-state index is 0.00664. The number of nitriles is 2. The lowest BCUT2D eigenvalue weighted by atomic mass is 9.96. The van der Waals surface area contributed by atoms with Crippen LogP contribution in [0.3, 0.4) is 0 Å². The van der Waals surface area contributed by atoms with Crippen LogP contribution in [-0.4, -0.2) is 46.3 Å². The number of amides is 1. The van der Waals surface area contributed by atoms with E-state index in [-0.39, 0.29) is 59.0 Å². The molecule has 1 unspecified atom stereocenters. The third-order valence-electron chi connectivity index (χ3n) is 8.32. The third kappa shape index (κ3) is 6.69. The van der Waals surface area contributed by atoms with Crippen molar-refractivity contribution in [1.82, 2.24) is 10.3 Å². The number of hydrogen-bond acceptors (Lipinski definition) is 9. The van der Waals surface area contributed by atoms with Gasteiger partial charge in [0, 0.05) is 42.6 Å². The summed E-state index contributed by atoms with van der Waals surface area (Å²) in [4.78, 5) is 17.8. The maximum Gasteiger partial charge on any atom is 0.255 e. The second-order valence-corrected chi connectivity index (χ2v) is 13.5. The summed E-state index contributed by atoms with van der Waals surface area (Å²) < 4.78 is 74.3. The van der Waals surface area contributed by atoms with Gasteiger partial charge in [-0.25, -0.2) is 22.2 Å². The van der Waals surface area contributed by atoms with E-state index in [1.807, 2.05) is 6.07 Å². The van der Waals surface area contributed by atoms with E-state index in [0.29, 0.717) is 33.4 Å². The molecular formula is C37H29F2N5O6S. The van der Waals surface area contributed by atoms with E-state index in [9.17, 15) is 27.3 Å². The molecule has 6 aromatic rings. The molecule has 258 valence electrons. The number of nitrogens with one attached hydrogen (secondary N) is 1. The summed E-state index contributed by atoms with van der Waals surface area (Å²) in [7, 11) is -1.21. The first-order valence-corrected chi connectivity index (χ1v) is 17.4. The van der Waals surface area contributed by atoms with Crippen molar-refractivity contribution in [1.29, 1.82) is 10.5 Å². The fourth-order valence-electron chi connectivity index (χ4n) is 5.85. The van der Waals surface area contributed by atoms with Crippen molar-refractivity contribution in [3.05, 3.63) is 90.0 Å². The lowest BCUT2D eigenvalue weighted by molar-refractivity contribution is 0.0964. The van der Waals surface area contributed by atoms with Gasteiger partial charge < -0.3 is 18.9 Å². The zero-order chi connectivity index (χ0) is 36.4. The van der Waals surface area contributed by atoms with E-state index in [1.54, 1.807) is 30.3 Å². The van der Waals surface area contributed by atoms with Crippen LogP contribution >= 0.6 is 0 Å². The number of methoxy groups -OCH3 is 1. The van der Waals surface area contributed by atoms with Crippen LogP contribution in [0.2, 0.25) is 0 Å². The lowest BCUT2D eigenvalue weighted by Crippen LogP contribution is -2.34. The molecule has 0 bridgehead atoms. The molecule has 2 heterocycles. The van der Waals surface area contributed by atoms with Crippen molar-refractivity contribution in [2.45, 2.75) is 12.8 Å². The highest BCUT2D eigenvalue weighted by atomic mass is 32.2. The maximum atomic E-state index is 14.6. The first kappa shape index (κ1) is 34.6. The molecule has 0 radical (unpaired) electrons. The first-order chi connectivity index (χ1) is 24.5. The van der Waals surface area contributed by atoms with Crippen molar-refractivity contribution in [3.8, 4) is 51.8 Å². The average molecular weight is 710 g/mol. The molecule has 4 aromatic carbocycles. The number of rotatable bonds is 11. The first-order valence-electron chi connectivity index (χ1n) is 15.5. The van der Waals surface area contributed by atoms with Crippen molar-refractivity contribution in [2.24, 2.45) is 5.92 Å². The molecule has 0 fully saturated rings. The highest BCUT2D eigenvalue weighted by Gasteiger charge is 2.30. The zero-order valence-corrected chi connectivity index (χ0v) is 28.3. The molecule has 0 saturated heterocycles. The Morgan fingerprint density at radius 2 is 1.75 bits per heavy atom. The second-order valence-electron chi connectivity index (χ2n) is 11.6. The van der Waals surface area contributed by atoms with E-state index in [1.165, 1.54) is 56.6 Å². The van der Waals surface area contributed by atoms with E-state index in [2.05, 4.69) is 16.4 Å². The van der Waals surface area contributed by atoms with Gasteiger partial charge in [0.05, 0.1) is 48.2 Å². The van der Waals surface area contributed by atoms with Gasteiger partial charge in [0.1, 0.15) is 28.4 Å². The Morgan fingerprint density at radius 3 is 2.39 bits per heavy atom. The number of hydrogen-bond donors (Lipinski definition) is 1. The quantitative estimate of drug-likeness (QED) is 0.144. The molecule has 11 nitrogen and oxygen atoms in total. The van der Waals surface area contributed by atoms with Crippen LogP contribution in [0.15, 0.2) is 81.6 Å². The van der Waals surface area contributed by atoms with Crippen LogP contribution in [-0.2, 0) is 10.0 Å². The highest BCUT2D eigenvalue weighted by Crippen LogP contribution is 2.44. The molecule has 0 aliphatic rings. The molecule has 0 aliphatic heterocycles. The fourth-order valence-corrected chi connectivity index (χ4v) is 6.80. The highest BCUT2D eigenvalue weighted by molar-refractivity contribution is 7.92. The number of carbonyl (C=O) groups is 1. The Balaban J connectivity index is 1.66. The molecule has 1 amide bonds. The van der Waals surface area contributed by atoms with Gasteiger partial charge in [-0.3, -0.25) is 9.10 Å². The smallest absolute Gasteiger partial charge is 0.255 e. The van der Waals surface area contributed by atoms with Crippen LogP contribution < -0.4 is 14.4 Å². The Labute approximate surface area is 291 Å². The number of ether oxygens (including phenoxy) is 1. The summed E-state index contributed by atoms with van der Waals surface area (Å²) in [6.45, 7) is -0.295. The number of fused-ring (bicyclic) bond motifs is 2. The standard InChI is InChI=1S/C37H29F2N5O6S/c1-42-36(45)33-26-17-25(23-11-14-30(48-2)27(16-23)37-43-34-28(39)7-4-8-31(34)50-37)29(44(51(3,46)47)20-21(19-41)6-5-15-40)18-32(26)49-35(33)22-9-12-24(38)13-10-22/h4,7-14,16-18,21H,5-6,20H2,1-3H3,(H,42,45). The Kier molecular flexibility index (Phi) is 9.46. The predicted octanol–water partition coefficient (Wildman–Crippen LogP) is 7.43. The van der Waals surface area contributed by atoms with Gasteiger partial charge in [-0.1, -0.05) is 12.1 Å². The van der Waals surface area contributed by atoms with Crippen LogP contribution in [0.1, 0.15) is 23.2 Å². The summed E-state index contributed by atoms with van der Waals surface area (Å²) in [5.74, 6) is -1.98. The molecule has 2 aromatic heterocycles. The number of aromatic nitrogens is 1. The number of para-hydroxylation sites is 1. The van der Waals surface area contributed by atoms with E-state index in [4.69, 9.17) is 18.8 Å².